The highest BCUT2D eigenvalue weighted by Gasteiger charge is 2.47. The maximum absolute atomic E-state index is 13.4. The molecule has 0 bridgehead atoms. The molecule has 0 radical (unpaired) electrons. The van der Waals surface area contributed by atoms with Gasteiger partial charge in [-0.25, -0.2) is 4.68 Å². The zero-order valence-electron chi connectivity index (χ0n) is 21.1. The molecular formula is C27H30N4O5. The lowest BCUT2D eigenvalue weighted by molar-refractivity contribution is -0.140. The van der Waals surface area contributed by atoms with E-state index in [4.69, 9.17) is 9.47 Å². The fraction of sp³-hybridized carbons (Fsp3) is 0.296. The highest BCUT2D eigenvalue weighted by atomic mass is 16.5. The van der Waals surface area contributed by atoms with Crippen molar-refractivity contribution in [3.8, 4) is 17.2 Å². The number of aliphatic hydroxyl groups is 1. The summed E-state index contributed by atoms with van der Waals surface area (Å²) in [5.74, 6) is -0.866. The Morgan fingerprint density at radius 3 is 2.42 bits per heavy atom. The first-order chi connectivity index (χ1) is 17.3. The van der Waals surface area contributed by atoms with Crippen LogP contribution in [-0.4, -0.2) is 77.8 Å². The van der Waals surface area contributed by atoms with Gasteiger partial charge in [-0.3, -0.25) is 9.59 Å². The summed E-state index contributed by atoms with van der Waals surface area (Å²) in [6.45, 7) is 2.61. The number of carbonyl (C=O) groups excluding carboxylic acids is 2. The van der Waals surface area contributed by atoms with E-state index in [2.05, 4.69) is 5.10 Å². The van der Waals surface area contributed by atoms with Crippen molar-refractivity contribution in [2.45, 2.75) is 13.0 Å². The lowest BCUT2D eigenvalue weighted by Gasteiger charge is -2.28. The first-order valence-corrected chi connectivity index (χ1v) is 11.5. The van der Waals surface area contributed by atoms with Crippen molar-refractivity contribution in [3.63, 3.8) is 0 Å². The summed E-state index contributed by atoms with van der Waals surface area (Å²) in [7, 11) is 6.80. The van der Waals surface area contributed by atoms with E-state index in [0.29, 0.717) is 34.9 Å². The molecule has 1 fully saturated rings. The summed E-state index contributed by atoms with van der Waals surface area (Å²) in [5.41, 5.74) is 2.35. The molecule has 1 N–H and O–H groups in total. The first kappa shape index (κ1) is 25.0. The van der Waals surface area contributed by atoms with Crippen molar-refractivity contribution in [2.24, 2.45) is 0 Å². The standard InChI is InChI=1S/C27H30N4O5/c1-17-20(16-28-31(17)18-10-7-6-8-11-18)24(32)22-23(19-12-9-13-21(35-4)26(19)36-5)30(15-14-29(2)3)27(34)25(22)33/h6-13,16,23,32H,14-15H2,1-5H3/t23-/m1/s1. The van der Waals surface area contributed by atoms with E-state index < -0.39 is 17.7 Å². The largest absolute Gasteiger partial charge is 0.507 e. The third kappa shape index (κ3) is 4.33. The Labute approximate surface area is 210 Å². The maximum atomic E-state index is 13.4. The van der Waals surface area contributed by atoms with Gasteiger partial charge in [-0.2, -0.15) is 5.10 Å². The maximum Gasteiger partial charge on any atom is 0.295 e. The van der Waals surface area contributed by atoms with Gasteiger partial charge in [-0.15, -0.1) is 0 Å². The lowest BCUT2D eigenvalue weighted by atomic mass is 9.94. The van der Waals surface area contributed by atoms with Gasteiger partial charge in [0, 0.05) is 18.7 Å². The summed E-state index contributed by atoms with van der Waals surface area (Å²) < 4.78 is 12.8. The molecule has 188 valence electrons. The molecule has 1 amide bonds. The number of nitrogens with zero attached hydrogens (tertiary/aromatic N) is 4. The zero-order chi connectivity index (χ0) is 26.0. The van der Waals surface area contributed by atoms with Gasteiger partial charge in [0.15, 0.2) is 11.5 Å². The van der Waals surface area contributed by atoms with Crippen molar-refractivity contribution in [3.05, 3.63) is 77.1 Å². The molecule has 4 rings (SSSR count). The van der Waals surface area contributed by atoms with Gasteiger partial charge in [-0.1, -0.05) is 30.3 Å². The number of aromatic nitrogens is 2. The van der Waals surface area contributed by atoms with Gasteiger partial charge in [0.2, 0.25) is 0 Å². The molecule has 9 heteroatoms. The van der Waals surface area contributed by atoms with Gasteiger partial charge in [-0.05, 0) is 39.2 Å². The number of benzene rings is 2. The van der Waals surface area contributed by atoms with E-state index in [0.717, 1.165) is 5.69 Å². The lowest BCUT2D eigenvalue weighted by Crippen LogP contribution is -2.35. The number of likely N-dealkylation sites (N-methyl/N-ethyl adjacent to an activating group) is 1. The van der Waals surface area contributed by atoms with Crippen LogP contribution in [0.25, 0.3) is 11.4 Å². The second-order valence-corrected chi connectivity index (χ2v) is 8.77. The highest BCUT2D eigenvalue weighted by molar-refractivity contribution is 6.46. The van der Waals surface area contributed by atoms with E-state index >= 15 is 0 Å². The van der Waals surface area contributed by atoms with E-state index in [1.807, 2.05) is 49.3 Å². The van der Waals surface area contributed by atoms with E-state index in [1.54, 1.807) is 29.8 Å². The molecule has 36 heavy (non-hydrogen) atoms. The van der Waals surface area contributed by atoms with Crippen LogP contribution in [0.5, 0.6) is 11.5 Å². The number of ether oxygens (including phenoxy) is 2. The van der Waals surface area contributed by atoms with Gasteiger partial charge in [0.1, 0.15) is 5.76 Å². The van der Waals surface area contributed by atoms with Crippen molar-refractivity contribution in [1.82, 2.24) is 19.6 Å². The Kier molecular flexibility index (Phi) is 7.12. The average molecular weight is 491 g/mol. The number of amides is 1. The Morgan fingerprint density at radius 1 is 1.06 bits per heavy atom. The number of rotatable bonds is 8. The van der Waals surface area contributed by atoms with Crippen LogP contribution in [0.3, 0.4) is 0 Å². The predicted octanol–water partition coefficient (Wildman–Crippen LogP) is 3.18. The van der Waals surface area contributed by atoms with E-state index in [1.165, 1.54) is 25.3 Å². The Balaban J connectivity index is 1.91. The van der Waals surface area contributed by atoms with Crippen LogP contribution < -0.4 is 9.47 Å². The van der Waals surface area contributed by atoms with Crippen LogP contribution in [-0.2, 0) is 9.59 Å². The molecular weight excluding hydrogens is 460 g/mol. The number of aliphatic hydroxyl groups excluding tert-OH is 1. The van der Waals surface area contributed by atoms with Crippen LogP contribution in [0.4, 0.5) is 0 Å². The molecule has 1 saturated heterocycles. The van der Waals surface area contributed by atoms with Gasteiger partial charge in [0.05, 0.1) is 49.0 Å². The molecule has 0 aliphatic carbocycles. The summed E-state index contributed by atoms with van der Waals surface area (Å²) in [6.07, 6.45) is 1.50. The number of carbonyl (C=O) groups is 2. The fourth-order valence-electron chi connectivity index (χ4n) is 4.49. The molecule has 2 aromatic carbocycles. The SMILES string of the molecule is COc1cccc([C@@H]2C(=C(O)c3cnn(-c4ccccc4)c3C)C(=O)C(=O)N2CCN(C)C)c1OC. The minimum Gasteiger partial charge on any atom is -0.507 e. The monoisotopic (exact) mass is 490 g/mol. The smallest absolute Gasteiger partial charge is 0.295 e. The molecule has 0 unspecified atom stereocenters. The molecule has 3 aromatic rings. The topological polar surface area (TPSA) is 97.1 Å². The van der Waals surface area contributed by atoms with Crippen LogP contribution in [0, 0.1) is 6.92 Å². The fourth-order valence-corrected chi connectivity index (χ4v) is 4.49. The molecule has 0 spiro atoms. The quantitative estimate of drug-likeness (QED) is 0.294. The number of ketones is 1. The second-order valence-electron chi connectivity index (χ2n) is 8.77. The van der Waals surface area contributed by atoms with E-state index in [-0.39, 0.29) is 17.9 Å². The molecule has 1 aliphatic rings. The van der Waals surface area contributed by atoms with Crippen LogP contribution in [0.2, 0.25) is 0 Å². The van der Waals surface area contributed by atoms with Crippen LogP contribution in [0.1, 0.15) is 22.9 Å². The third-order valence-corrected chi connectivity index (χ3v) is 6.32. The molecule has 1 aromatic heterocycles. The van der Waals surface area contributed by atoms with Crippen LogP contribution in [0.15, 0.2) is 60.3 Å². The number of para-hydroxylation sites is 2. The summed E-state index contributed by atoms with van der Waals surface area (Å²) in [6, 6.07) is 13.9. The van der Waals surface area contributed by atoms with Crippen molar-refractivity contribution >= 4 is 17.4 Å². The third-order valence-electron chi connectivity index (χ3n) is 6.32. The minimum absolute atomic E-state index is 0.0129. The number of likely N-dealkylation sites (tertiary alicyclic amines) is 1. The number of methoxy groups -OCH3 is 2. The van der Waals surface area contributed by atoms with E-state index in [9.17, 15) is 14.7 Å². The molecule has 1 aliphatic heterocycles. The van der Waals surface area contributed by atoms with Crippen molar-refractivity contribution in [1.29, 1.82) is 0 Å². The molecule has 0 saturated carbocycles. The zero-order valence-corrected chi connectivity index (χ0v) is 21.1. The van der Waals surface area contributed by atoms with Gasteiger partial charge >= 0.3 is 0 Å². The Hall–Kier alpha value is -4.11. The molecule has 9 nitrogen and oxygen atoms in total. The van der Waals surface area contributed by atoms with Crippen molar-refractivity contribution < 1.29 is 24.2 Å². The number of Topliss-reactive ketones (excluding diaryl/α,β-unsaturated/α-hetero) is 1. The molecule has 1 atom stereocenters. The second kappa shape index (κ2) is 10.2. The van der Waals surface area contributed by atoms with Gasteiger partial charge in [0.25, 0.3) is 11.7 Å². The minimum atomic E-state index is -0.866. The average Bonchev–Trinajstić information content (AvgIpc) is 3.39. The molecule has 2 heterocycles. The first-order valence-electron chi connectivity index (χ1n) is 11.5. The summed E-state index contributed by atoms with van der Waals surface area (Å²) >= 11 is 0. The Morgan fingerprint density at radius 2 is 1.78 bits per heavy atom. The van der Waals surface area contributed by atoms with Gasteiger partial charge < -0.3 is 24.4 Å². The normalized spacial score (nSPS) is 17.2. The van der Waals surface area contributed by atoms with Crippen LogP contribution >= 0.6 is 0 Å². The predicted molar refractivity (Wildman–Crippen MR) is 135 cm³/mol. The summed E-state index contributed by atoms with van der Waals surface area (Å²) in [4.78, 5) is 30.0. The summed E-state index contributed by atoms with van der Waals surface area (Å²) in [5, 5.41) is 15.9. The highest BCUT2D eigenvalue weighted by Crippen LogP contribution is 2.45. The van der Waals surface area contributed by atoms with Crippen molar-refractivity contribution in [2.75, 3.05) is 41.4 Å². The number of hydrogen-bond donors (Lipinski definition) is 1. The number of hydrogen-bond acceptors (Lipinski definition) is 7. The Bertz CT molecular complexity index is 1310.